The summed E-state index contributed by atoms with van der Waals surface area (Å²) in [5, 5.41) is 26.0. The van der Waals surface area contributed by atoms with Gasteiger partial charge < -0.3 is 15.3 Å². The highest BCUT2D eigenvalue weighted by atomic mass is 16.4. The summed E-state index contributed by atoms with van der Waals surface area (Å²) < 4.78 is 0. The van der Waals surface area contributed by atoms with Gasteiger partial charge in [-0.3, -0.25) is 9.59 Å². The van der Waals surface area contributed by atoms with E-state index in [4.69, 9.17) is 10.2 Å². The summed E-state index contributed by atoms with van der Waals surface area (Å²) in [4.78, 5) is 31.1. The number of hydrogen-bond acceptors (Lipinski definition) is 4. The van der Waals surface area contributed by atoms with E-state index in [1.54, 1.807) is 0 Å². The van der Waals surface area contributed by atoms with E-state index in [2.05, 4.69) is 0 Å². The van der Waals surface area contributed by atoms with Crippen LogP contribution >= 0.6 is 0 Å². The van der Waals surface area contributed by atoms with Gasteiger partial charge in [0.2, 0.25) is 0 Å². The molecule has 0 aromatic heterocycles. The van der Waals surface area contributed by atoms with Gasteiger partial charge in [-0.1, -0.05) is 0 Å². The molecule has 0 radical (unpaired) electrons. The highest BCUT2D eigenvalue weighted by Crippen LogP contribution is 2.16. The fraction of sp³-hybridized carbons (Fsp3) is 0.571. The lowest BCUT2D eigenvalue weighted by atomic mass is 9.94. The second-order valence-electron chi connectivity index (χ2n) is 2.79. The molecule has 0 fully saturated rings. The molecule has 6 nitrogen and oxygen atoms in total. The van der Waals surface area contributed by atoms with E-state index in [-0.39, 0.29) is 0 Å². The van der Waals surface area contributed by atoms with E-state index in [1.165, 1.54) is 0 Å². The van der Waals surface area contributed by atoms with E-state index in [1.807, 2.05) is 0 Å². The predicted molar refractivity (Wildman–Crippen MR) is 40.1 cm³/mol. The quantitative estimate of drug-likeness (QED) is 0.526. The number of Topliss-reactive ketones (excluding diaryl/α,β-unsaturated/α-hetero) is 1. The molecule has 6 heteroatoms. The summed E-state index contributed by atoms with van der Waals surface area (Å²) in [5.41, 5.74) is -2.49. The topological polar surface area (TPSA) is 112 Å². The Labute approximate surface area is 73.8 Å². The van der Waals surface area contributed by atoms with Crippen LogP contribution in [0.1, 0.15) is 19.8 Å². The van der Waals surface area contributed by atoms with Gasteiger partial charge in [0.15, 0.2) is 5.60 Å². The summed E-state index contributed by atoms with van der Waals surface area (Å²) in [7, 11) is 0. The molecule has 0 aromatic rings. The van der Waals surface area contributed by atoms with Crippen molar-refractivity contribution in [3.63, 3.8) is 0 Å². The number of aliphatic hydroxyl groups is 1. The third kappa shape index (κ3) is 3.66. The SMILES string of the molecule is CC(=O)CC(O)(CC(=O)O)C(=O)O. The lowest BCUT2D eigenvalue weighted by Gasteiger charge is -2.19. The summed E-state index contributed by atoms with van der Waals surface area (Å²) in [6, 6.07) is 0. The van der Waals surface area contributed by atoms with Crippen LogP contribution in [0, 0.1) is 0 Å². The van der Waals surface area contributed by atoms with Crippen LogP contribution in [-0.4, -0.2) is 38.6 Å². The molecule has 0 saturated carbocycles. The van der Waals surface area contributed by atoms with E-state index < -0.39 is 36.2 Å². The average Bonchev–Trinajstić information content (AvgIpc) is 1.82. The Morgan fingerprint density at radius 2 is 1.62 bits per heavy atom. The van der Waals surface area contributed by atoms with Gasteiger partial charge in [0.05, 0.1) is 6.42 Å². The minimum atomic E-state index is -2.49. The number of carbonyl (C=O) groups is 3. The number of carbonyl (C=O) groups excluding carboxylic acids is 1. The minimum Gasteiger partial charge on any atom is -0.481 e. The van der Waals surface area contributed by atoms with Crippen LogP contribution in [0.3, 0.4) is 0 Å². The number of carboxylic acid groups (broad SMARTS) is 2. The molecule has 0 aliphatic rings. The number of rotatable bonds is 5. The monoisotopic (exact) mass is 190 g/mol. The normalized spacial score (nSPS) is 14.6. The zero-order chi connectivity index (χ0) is 10.6. The van der Waals surface area contributed by atoms with Crippen molar-refractivity contribution in [2.24, 2.45) is 0 Å². The Kier molecular flexibility index (Phi) is 3.55. The molecule has 0 saturated heterocycles. The highest BCUT2D eigenvalue weighted by molar-refractivity contribution is 5.90. The third-order valence-corrected chi connectivity index (χ3v) is 1.38. The van der Waals surface area contributed by atoms with E-state index in [0.29, 0.717) is 0 Å². The van der Waals surface area contributed by atoms with Gasteiger partial charge in [-0.25, -0.2) is 4.79 Å². The first-order chi connectivity index (χ1) is 5.78. The van der Waals surface area contributed by atoms with Crippen molar-refractivity contribution in [3.05, 3.63) is 0 Å². The van der Waals surface area contributed by atoms with E-state index in [0.717, 1.165) is 6.92 Å². The molecule has 0 aliphatic heterocycles. The summed E-state index contributed by atoms with van der Waals surface area (Å²) in [5.74, 6) is -3.75. The first-order valence-corrected chi connectivity index (χ1v) is 3.45. The third-order valence-electron chi connectivity index (χ3n) is 1.38. The molecule has 0 aliphatic carbocycles. The second-order valence-corrected chi connectivity index (χ2v) is 2.79. The maximum absolute atomic E-state index is 10.5. The fourth-order valence-electron chi connectivity index (χ4n) is 0.876. The number of ketones is 1. The standard InChI is InChI=1S/C7H10O6/c1-4(8)2-7(13,6(11)12)3-5(9)10/h13H,2-3H2,1H3,(H,9,10)(H,11,12). The number of carboxylic acids is 2. The minimum absolute atomic E-state index is 0.578. The molecule has 74 valence electrons. The molecule has 0 heterocycles. The van der Waals surface area contributed by atoms with Gasteiger partial charge >= 0.3 is 11.9 Å². The summed E-state index contributed by atoms with van der Waals surface area (Å²) in [6.45, 7) is 1.08. The maximum Gasteiger partial charge on any atom is 0.336 e. The van der Waals surface area contributed by atoms with Gasteiger partial charge in [-0.2, -0.15) is 0 Å². The van der Waals surface area contributed by atoms with Crippen molar-refractivity contribution in [2.75, 3.05) is 0 Å². The van der Waals surface area contributed by atoms with Crippen LogP contribution in [0.4, 0.5) is 0 Å². The average molecular weight is 190 g/mol. The molecule has 3 N–H and O–H groups in total. The molecule has 0 bridgehead atoms. The van der Waals surface area contributed by atoms with Crippen LogP contribution in [0.15, 0.2) is 0 Å². The molecule has 0 rings (SSSR count). The van der Waals surface area contributed by atoms with Crippen molar-refractivity contribution in [1.29, 1.82) is 0 Å². The van der Waals surface area contributed by atoms with Crippen LogP contribution in [0.25, 0.3) is 0 Å². The van der Waals surface area contributed by atoms with Crippen LogP contribution < -0.4 is 0 Å². The predicted octanol–water partition coefficient (Wildman–Crippen LogP) is -0.744. The van der Waals surface area contributed by atoms with Crippen molar-refractivity contribution in [1.82, 2.24) is 0 Å². The zero-order valence-electron chi connectivity index (χ0n) is 6.98. The van der Waals surface area contributed by atoms with Gasteiger partial charge in [-0.15, -0.1) is 0 Å². The second kappa shape index (κ2) is 3.99. The molecule has 1 unspecified atom stereocenters. The van der Waals surface area contributed by atoms with Crippen LogP contribution in [-0.2, 0) is 14.4 Å². The Bertz CT molecular complexity index is 227. The van der Waals surface area contributed by atoms with Crippen molar-refractivity contribution >= 4 is 17.7 Å². The first kappa shape index (κ1) is 11.6. The molecule has 0 aromatic carbocycles. The molecule has 13 heavy (non-hydrogen) atoms. The molecule has 1 atom stereocenters. The largest absolute Gasteiger partial charge is 0.481 e. The van der Waals surface area contributed by atoms with Gasteiger partial charge in [0, 0.05) is 6.42 Å². The van der Waals surface area contributed by atoms with E-state index in [9.17, 15) is 19.5 Å². The van der Waals surface area contributed by atoms with Crippen molar-refractivity contribution in [2.45, 2.75) is 25.4 Å². The molecule has 0 amide bonds. The Hall–Kier alpha value is -1.43. The molecule has 0 spiro atoms. The first-order valence-electron chi connectivity index (χ1n) is 3.45. The molecular weight excluding hydrogens is 180 g/mol. The smallest absolute Gasteiger partial charge is 0.336 e. The van der Waals surface area contributed by atoms with Gasteiger partial charge in [0.25, 0.3) is 0 Å². The Morgan fingerprint density at radius 1 is 1.15 bits per heavy atom. The fourth-order valence-corrected chi connectivity index (χ4v) is 0.876. The lowest BCUT2D eigenvalue weighted by molar-refractivity contribution is -0.167. The highest BCUT2D eigenvalue weighted by Gasteiger charge is 2.39. The number of aliphatic carboxylic acids is 2. The maximum atomic E-state index is 10.5. The van der Waals surface area contributed by atoms with Crippen LogP contribution in [0.5, 0.6) is 0 Å². The molecular formula is C7H10O6. The number of hydrogen-bond donors (Lipinski definition) is 3. The lowest BCUT2D eigenvalue weighted by Crippen LogP contribution is -2.42. The zero-order valence-corrected chi connectivity index (χ0v) is 6.98. The summed E-state index contributed by atoms with van der Waals surface area (Å²) in [6.07, 6.45) is -1.68. The Balaban J connectivity index is 4.62. The van der Waals surface area contributed by atoms with E-state index >= 15 is 0 Å². The van der Waals surface area contributed by atoms with Gasteiger partial charge in [-0.05, 0) is 6.92 Å². The van der Waals surface area contributed by atoms with Crippen molar-refractivity contribution < 1.29 is 29.7 Å². The van der Waals surface area contributed by atoms with Crippen LogP contribution in [0.2, 0.25) is 0 Å². The van der Waals surface area contributed by atoms with Gasteiger partial charge in [0.1, 0.15) is 5.78 Å². The summed E-state index contributed by atoms with van der Waals surface area (Å²) >= 11 is 0. The van der Waals surface area contributed by atoms with Crippen molar-refractivity contribution in [3.8, 4) is 0 Å². The Morgan fingerprint density at radius 3 is 1.85 bits per heavy atom.